The van der Waals surface area contributed by atoms with E-state index in [9.17, 15) is 8.42 Å². The van der Waals surface area contributed by atoms with Crippen molar-refractivity contribution in [3.8, 4) is 0 Å². The molecule has 6 heteroatoms. The van der Waals surface area contributed by atoms with E-state index < -0.39 is 10.0 Å². The van der Waals surface area contributed by atoms with Crippen LogP contribution >= 0.6 is 0 Å². The van der Waals surface area contributed by atoms with Gasteiger partial charge in [-0.15, -0.1) is 0 Å². The molecule has 1 saturated heterocycles. The van der Waals surface area contributed by atoms with Crippen molar-refractivity contribution in [2.24, 2.45) is 0 Å². The maximum Gasteiger partial charge on any atom is 0.211 e. The highest BCUT2D eigenvalue weighted by atomic mass is 32.2. The molecule has 0 unspecified atom stereocenters. The molecule has 1 aromatic heterocycles. The minimum absolute atomic E-state index is 0.163. The summed E-state index contributed by atoms with van der Waals surface area (Å²) in [6, 6.07) is 7.88. The molecule has 1 fully saturated rings. The van der Waals surface area contributed by atoms with Crippen molar-refractivity contribution in [1.29, 1.82) is 0 Å². The SMILES string of the molecule is CS(=O)(=O)N1CCC[C@@H](c2nc3ccccc3[nH]2)C1. The highest BCUT2D eigenvalue weighted by molar-refractivity contribution is 7.88. The molecular weight excluding hydrogens is 262 g/mol. The summed E-state index contributed by atoms with van der Waals surface area (Å²) in [6.45, 7) is 1.15. The Labute approximate surface area is 112 Å². The van der Waals surface area contributed by atoms with Gasteiger partial charge < -0.3 is 4.98 Å². The van der Waals surface area contributed by atoms with Crippen molar-refractivity contribution in [1.82, 2.24) is 14.3 Å². The molecule has 102 valence electrons. The molecule has 0 radical (unpaired) electrons. The molecule has 1 aliphatic heterocycles. The van der Waals surface area contributed by atoms with Gasteiger partial charge in [0.05, 0.1) is 17.3 Å². The average Bonchev–Trinajstić information content (AvgIpc) is 2.81. The summed E-state index contributed by atoms with van der Waals surface area (Å²) in [5, 5.41) is 0. The third-order valence-electron chi connectivity index (χ3n) is 3.65. The van der Waals surface area contributed by atoms with Crippen LogP contribution < -0.4 is 0 Å². The Bertz CT molecular complexity index is 660. The molecular formula is C13H17N3O2S. The van der Waals surface area contributed by atoms with Gasteiger partial charge in [0.25, 0.3) is 0 Å². The summed E-state index contributed by atoms with van der Waals surface area (Å²) in [6.07, 6.45) is 3.13. The number of sulfonamides is 1. The molecule has 3 rings (SSSR count). The molecule has 1 atom stereocenters. The standard InChI is InChI=1S/C13H17N3O2S/c1-19(17,18)16-8-4-5-10(9-16)13-14-11-6-2-3-7-12(11)15-13/h2-3,6-7,10H,4-5,8-9H2,1H3,(H,14,15)/t10-/m1/s1. The number of rotatable bonds is 2. The van der Waals surface area contributed by atoms with Gasteiger partial charge in [0.2, 0.25) is 10.0 Å². The molecule has 19 heavy (non-hydrogen) atoms. The highest BCUT2D eigenvalue weighted by Gasteiger charge is 2.28. The van der Waals surface area contributed by atoms with Gasteiger partial charge in [-0.1, -0.05) is 12.1 Å². The Hall–Kier alpha value is -1.40. The number of aromatic amines is 1. The van der Waals surface area contributed by atoms with Crippen LogP contribution in [0.2, 0.25) is 0 Å². The van der Waals surface area contributed by atoms with Crippen LogP contribution in [-0.2, 0) is 10.0 Å². The molecule has 1 aliphatic rings. The van der Waals surface area contributed by atoms with Gasteiger partial charge in [-0.25, -0.2) is 17.7 Å². The Balaban J connectivity index is 1.89. The van der Waals surface area contributed by atoms with Gasteiger partial charge in [0.1, 0.15) is 5.82 Å². The highest BCUT2D eigenvalue weighted by Crippen LogP contribution is 2.27. The van der Waals surface area contributed by atoms with Crippen molar-refractivity contribution in [2.45, 2.75) is 18.8 Å². The number of para-hydroxylation sites is 2. The van der Waals surface area contributed by atoms with Crippen LogP contribution in [0.5, 0.6) is 0 Å². The zero-order valence-electron chi connectivity index (χ0n) is 10.8. The number of H-pyrrole nitrogens is 1. The first-order valence-corrected chi connectivity index (χ1v) is 8.28. The quantitative estimate of drug-likeness (QED) is 0.910. The second kappa shape index (κ2) is 4.61. The van der Waals surface area contributed by atoms with Crippen LogP contribution in [0.3, 0.4) is 0 Å². The summed E-state index contributed by atoms with van der Waals surface area (Å²) in [7, 11) is -3.11. The number of imidazole rings is 1. The van der Waals surface area contributed by atoms with E-state index in [-0.39, 0.29) is 5.92 Å². The third kappa shape index (κ3) is 2.50. The van der Waals surface area contributed by atoms with Crippen molar-refractivity contribution in [3.63, 3.8) is 0 Å². The van der Waals surface area contributed by atoms with Gasteiger partial charge in [0.15, 0.2) is 0 Å². The van der Waals surface area contributed by atoms with Gasteiger partial charge in [-0.05, 0) is 25.0 Å². The van der Waals surface area contributed by atoms with Gasteiger partial charge in [0, 0.05) is 19.0 Å². The zero-order valence-corrected chi connectivity index (χ0v) is 11.7. The minimum Gasteiger partial charge on any atom is -0.342 e. The fourth-order valence-electron chi connectivity index (χ4n) is 2.63. The number of benzene rings is 1. The van der Waals surface area contributed by atoms with Crippen molar-refractivity contribution in [2.75, 3.05) is 19.3 Å². The zero-order chi connectivity index (χ0) is 13.5. The number of hydrogen-bond donors (Lipinski definition) is 1. The Morgan fingerprint density at radius 1 is 1.37 bits per heavy atom. The summed E-state index contributed by atoms with van der Waals surface area (Å²) < 4.78 is 24.8. The van der Waals surface area contributed by atoms with E-state index in [1.807, 2.05) is 24.3 Å². The van der Waals surface area contributed by atoms with Crippen molar-refractivity contribution >= 4 is 21.1 Å². The lowest BCUT2D eigenvalue weighted by molar-refractivity contribution is 0.312. The second-order valence-corrected chi connectivity index (χ2v) is 7.08. The largest absolute Gasteiger partial charge is 0.342 e. The predicted octanol–water partition coefficient (Wildman–Crippen LogP) is 1.70. The Morgan fingerprint density at radius 3 is 2.89 bits per heavy atom. The van der Waals surface area contributed by atoms with Crippen molar-refractivity contribution in [3.05, 3.63) is 30.1 Å². The second-order valence-electron chi connectivity index (χ2n) is 5.10. The van der Waals surface area contributed by atoms with Crippen LogP contribution in [0, 0.1) is 0 Å². The average molecular weight is 279 g/mol. The van der Waals surface area contributed by atoms with Crippen LogP contribution in [0.4, 0.5) is 0 Å². The van der Waals surface area contributed by atoms with Gasteiger partial charge in [-0.2, -0.15) is 0 Å². The summed E-state index contributed by atoms with van der Waals surface area (Å²) in [5.74, 6) is 1.06. The molecule has 2 aromatic rings. The maximum atomic E-state index is 11.6. The van der Waals surface area contributed by atoms with E-state index in [1.54, 1.807) is 4.31 Å². The Kier molecular flexibility index (Phi) is 3.06. The van der Waals surface area contributed by atoms with E-state index in [4.69, 9.17) is 0 Å². The lowest BCUT2D eigenvalue weighted by atomic mass is 9.99. The lowest BCUT2D eigenvalue weighted by Crippen LogP contribution is -2.38. The number of fused-ring (bicyclic) bond motifs is 1. The number of nitrogens with one attached hydrogen (secondary N) is 1. The first-order chi connectivity index (χ1) is 9.04. The van der Waals surface area contributed by atoms with E-state index >= 15 is 0 Å². The van der Waals surface area contributed by atoms with Crippen LogP contribution in [-0.4, -0.2) is 42.0 Å². The molecule has 1 aromatic carbocycles. The maximum absolute atomic E-state index is 11.6. The van der Waals surface area contributed by atoms with E-state index in [0.29, 0.717) is 13.1 Å². The topological polar surface area (TPSA) is 66.1 Å². The first kappa shape index (κ1) is 12.6. The molecule has 0 spiro atoms. The van der Waals surface area contributed by atoms with Gasteiger partial charge in [-0.3, -0.25) is 0 Å². The fourth-order valence-corrected chi connectivity index (χ4v) is 3.54. The van der Waals surface area contributed by atoms with Crippen LogP contribution in [0.25, 0.3) is 11.0 Å². The molecule has 0 aliphatic carbocycles. The number of aromatic nitrogens is 2. The number of nitrogens with zero attached hydrogens (tertiary/aromatic N) is 2. The van der Waals surface area contributed by atoms with Crippen LogP contribution in [0.15, 0.2) is 24.3 Å². The van der Waals surface area contributed by atoms with Crippen molar-refractivity contribution < 1.29 is 8.42 Å². The third-order valence-corrected chi connectivity index (χ3v) is 4.92. The smallest absolute Gasteiger partial charge is 0.211 e. The molecule has 5 nitrogen and oxygen atoms in total. The molecule has 1 N–H and O–H groups in total. The van der Waals surface area contributed by atoms with E-state index in [2.05, 4.69) is 9.97 Å². The minimum atomic E-state index is -3.11. The predicted molar refractivity (Wildman–Crippen MR) is 74.5 cm³/mol. The van der Waals surface area contributed by atoms with E-state index in [0.717, 1.165) is 29.7 Å². The first-order valence-electron chi connectivity index (χ1n) is 6.44. The summed E-state index contributed by atoms with van der Waals surface area (Å²) in [5.41, 5.74) is 1.95. The summed E-state index contributed by atoms with van der Waals surface area (Å²) >= 11 is 0. The number of hydrogen-bond acceptors (Lipinski definition) is 3. The lowest BCUT2D eigenvalue weighted by Gasteiger charge is -2.29. The Morgan fingerprint density at radius 2 is 2.16 bits per heavy atom. The fraction of sp³-hybridized carbons (Fsp3) is 0.462. The van der Waals surface area contributed by atoms with E-state index in [1.165, 1.54) is 6.26 Å². The number of piperidine rings is 1. The molecule has 0 saturated carbocycles. The normalized spacial score (nSPS) is 21.8. The monoisotopic (exact) mass is 279 g/mol. The summed E-state index contributed by atoms with van der Waals surface area (Å²) in [4.78, 5) is 7.88. The molecule has 0 bridgehead atoms. The van der Waals surface area contributed by atoms with Gasteiger partial charge >= 0.3 is 0 Å². The molecule has 0 amide bonds. The van der Waals surface area contributed by atoms with Crippen LogP contribution in [0.1, 0.15) is 24.6 Å². The molecule has 2 heterocycles.